The number of rotatable bonds is 3. The Balaban J connectivity index is 1.74. The Morgan fingerprint density at radius 1 is 0.970 bits per heavy atom. The molecule has 0 spiro atoms. The lowest BCUT2D eigenvalue weighted by molar-refractivity contribution is -0.253. The first-order valence-corrected chi connectivity index (χ1v) is 10.1. The van der Waals surface area contributed by atoms with Gasteiger partial charge in [-0.1, -0.05) is 18.2 Å². The largest absolute Gasteiger partial charge is 0.497 e. The maximum absolute atomic E-state index is 10.5. The molecule has 0 saturated carbocycles. The SMILES string of the molecule is COc1ccc(C2C3(C)OC(=N)C2(C#N)C(C#N)(C#N)C(c2ccc4c(c2)OCO4)O3)cc1. The summed E-state index contributed by atoms with van der Waals surface area (Å²) in [5.74, 6) is -1.31. The van der Waals surface area contributed by atoms with Crippen LogP contribution in [0.15, 0.2) is 42.5 Å². The minimum Gasteiger partial charge on any atom is -0.497 e. The molecule has 164 valence electrons. The van der Waals surface area contributed by atoms with Crippen molar-refractivity contribution in [3.05, 3.63) is 53.6 Å². The Bertz CT molecular complexity index is 1270. The number of nitriles is 3. The second kappa shape index (κ2) is 6.87. The van der Waals surface area contributed by atoms with Gasteiger partial charge in [0.25, 0.3) is 0 Å². The van der Waals surface area contributed by atoms with Crippen LogP contribution in [0.5, 0.6) is 17.2 Å². The van der Waals surface area contributed by atoms with Crippen LogP contribution in [-0.4, -0.2) is 25.6 Å². The summed E-state index contributed by atoms with van der Waals surface area (Å²) in [5.41, 5.74) is -2.99. The van der Waals surface area contributed by atoms with Crippen molar-refractivity contribution in [2.45, 2.75) is 24.7 Å². The molecule has 0 aliphatic carbocycles. The standard InChI is InChI=1S/C24H18N4O5/c1-22-19(14-3-6-16(29-2)7-4-14)24(12-27,21(28)33-22)23(10-25,11-26)20(32-22)15-5-8-17-18(9-15)31-13-30-17/h3-9,19-20,28H,13H2,1-2H3. The molecule has 2 fully saturated rings. The lowest BCUT2D eigenvalue weighted by atomic mass is 9.52. The molecule has 0 aromatic heterocycles. The number of nitrogens with one attached hydrogen (secondary N) is 1. The maximum atomic E-state index is 10.5. The van der Waals surface area contributed by atoms with Crippen LogP contribution in [0.25, 0.3) is 0 Å². The zero-order valence-corrected chi connectivity index (χ0v) is 17.8. The van der Waals surface area contributed by atoms with Crippen molar-refractivity contribution in [3.8, 4) is 35.5 Å². The van der Waals surface area contributed by atoms with Gasteiger partial charge in [0.1, 0.15) is 11.9 Å². The van der Waals surface area contributed by atoms with E-state index >= 15 is 0 Å². The topological polar surface area (TPSA) is 141 Å². The van der Waals surface area contributed by atoms with Gasteiger partial charge >= 0.3 is 0 Å². The molecule has 9 heteroatoms. The lowest BCUT2D eigenvalue weighted by Gasteiger charge is -2.48. The third kappa shape index (κ3) is 2.44. The van der Waals surface area contributed by atoms with E-state index in [4.69, 9.17) is 29.1 Å². The van der Waals surface area contributed by atoms with Crippen molar-refractivity contribution in [2.24, 2.45) is 10.8 Å². The fourth-order valence-electron chi connectivity index (χ4n) is 5.16. The quantitative estimate of drug-likeness (QED) is 0.761. The molecule has 0 amide bonds. The van der Waals surface area contributed by atoms with Crippen molar-refractivity contribution in [3.63, 3.8) is 0 Å². The fourth-order valence-corrected chi connectivity index (χ4v) is 5.16. The minimum atomic E-state index is -2.09. The number of nitrogens with zero attached hydrogens (tertiary/aromatic N) is 3. The molecule has 2 bridgehead atoms. The Morgan fingerprint density at radius 3 is 2.27 bits per heavy atom. The summed E-state index contributed by atoms with van der Waals surface area (Å²) in [4.78, 5) is 0. The molecular formula is C24H18N4O5. The molecule has 33 heavy (non-hydrogen) atoms. The van der Waals surface area contributed by atoms with Crippen molar-refractivity contribution < 1.29 is 23.7 Å². The zero-order chi connectivity index (χ0) is 23.4. The lowest BCUT2D eigenvalue weighted by Crippen LogP contribution is -2.57. The number of hydrogen-bond donors (Lipinski definition) is 1. The third-order valence-corrected chi connectivity index (χ3v) is 6.66. The molecule has 2 aromatic carbocycles. The zero-order valence-electron chi connectivity index (χ0n) is 17.8. The fraction of sp³-hybridized carbons (Fsp3) is 0.333. The highest BCUT2D eigenvalue weighted by molar-refractivity contribution is 5.90. The molecule has 4 atom stereocenters. The van der Waals surface area contributed by atoms with E-state index in [9.17, 15) is 15.8 Å². The van der Waals surface area contributed by atoms with Gasteiger partial charge in [-0.25, -0.2) is 0 Å². The molecule has 0 radical (unpaired) electrons. The van der Waals surface area contributed by atoms with Gasteiger partial charge in [-0.15, -0.1) is 0 Å². The van der Waals surface area contributed by atoms with Crippen LogP contribution in [0.1, 0.15) is 30.1 Å². The predicted octanol–water partition coefficient (Wildman–Crippen LogP) is 3.55. The van der Waals surface area contributed by atoms with E-state index in [1.54, 1.807) is 49.4 Å². The minimum absolute atomic E-state index is 0.0547. The summed E-state index contributed by atoms with van der Waals surface area (Å²) in [7, 11) is 1.53. The summed E-state index contributed by atoms with van der Waals surface area (Å²) in [6, 6.07) is 18.0. The number of benzene rings is 2. The number of hydrogen-bond acceptors (Lipinski definition) is 9. The van der Waals surface area contributed by atoms with Gasteiger partial charge < -0.3 is 23.7 Å². The highest BCUT2D eigenvalue weighted by Crippen LogP contribution is 2.69. The molecule has 3 heterocycles. The summed E-state index contributed by atoms with van der Waals surface area (Å²) < 4.78 is 28.2. The molecule has 3 aliphatic heterocycles. The average Bonchev–Trinajstić information content (AvgIpc) is 3.37. The Morgan fingerprint density at radius 2 is 1.64 bits per heavy atom. The third-order valence-electron chi connectivity index (χ3n) is 6.66. The van der Waals surface area contributed by atoms with Crippen molar-refractivity contribution in [1.29, 1.82) is 21.2 Å². The first-order valence-electron chi connectivity index (χ1n) is 10.1. The van der Waals surface area contributed by atoms with E-state index in [1.165, 1.54) is 7.11 Å². The summed E-state index contributed by atoms with van der Waals surface area (Å²) >= 11 is 0. The first kappa shape index (κ1) is 20.6. The Kier molecular flexibility index (Phi) is 4.29. The number of methoxy groups -OCH3 is 1. The Hall–Kier alpha value is -4.26. The summed E-state index contributed by atoms with van der Waals surface area (Å²) in [6.07, 6.45) is -1.19. The molecule has 5 rings (SSSR count). The van der Waals surface area contributed by atoms with Gasteiger partial charge in [-0.3, -0.25) is 5.41 Å². The molecule has 9 nitrogen and oxygen atoms in total. The van der Waals surface area contributed by atoms with E-state index < -0.39 is 34.5 Å². The average molecular weight is 442 g/mol. The van der Waals surface area contributed by atoms with Crippen LogP contribution in [-0.2, 0) is 9.47 Å². The molecule has 4 unspecified atom stereocenters. The van der Waals surface area contributed by atoms with Gasteiger partial charge in [-0.2, -0.15) is 15.8 Å². The molecule has 2 aromatic rings. The van der Waals surface area contributed by atoms with Gasteiger partial charge in [0.2, 0.25) is 23.9 Å². The Labute approximate surface area is 189 Å². The van der Waals surface area contributed by atoms with Crippen LogP contribution >= 0.6 is 0 Å². The van der Waals surface area contributed by atoms with E-state index in [2.05, 4.69) is 6.07 Å². The van der Waals surface area contributed by atoms with Crippen molar-refractivity contribution >= 4 is 5.90 Å². The van der Waals surface area contributed by atoms with Crippen molar-refractivity contribution in [1.82, 2.24) is 0 Å². The van der Waals surface area contributed by atoms with E-state index in [0.29, 0.717) is 28.4 Å². The smallest absolute Gasteiger partial charge is 0.231 e. The number of fused-ring (bicyclic) bond motifs is 3. The molecule has 2 saturated heterocycles. The number of ether oxygens (including phenoxy) is 5. The molecule has 1 N–H and O–H groups in total. The predicted molar refractivity (Wildman–Crippen MR) is 111 cm³/mol. The summed E-state index contributed by atoms with van der Waals surface area (Å²) in [5, 5.41) is 40.0. The van der Waals surface area contributed by atoms with E-state index in [1.807, 2.05) is 12.1 Å². The second-order valence-electron chi connectivity index (χ2n) is 8.22. The van der Waals surface area contributed by atoms with Crippen LogP contribution < -0.4 is 14.2 Å². The second-order valence-corrected chi connectivity index (χ2v) is 8.22. The van der Waals surface area contributed by atoms with Crippen LogP contribution in [0.4, 0.5) is 0 Å². The summed E-state index contributed by atoms with van der Waals surface area (Å²) in [6.45, 7) is 1.67. The van der Waals surface area contributed by atoms with Crippen LogP contribution in [0.2, 0.25) is 0 Å². The van der Waals surface area contributed by atoms with Gasteiger partial charge in [0.05, 0.1) is 31.2 Å². The van der Waals surface area contributed by atoms with Crippen LogP contribution in [0, 0.1) is 50.2 Å². The maximum Gasteiger partial charge on any atom is 0.231 e. The van der Waals surface area contributed by atoms with Gasteiger partial charge in [-0.05, 0) is 35.4 Å². The highest BCUT2D eigenvalue weighted by atomic mass is 16.7. The normalized spacial score (nSPS) is 30.5. The highest BCUT2D eigenvalue weighted by Gasteiger charge is 2.79. The van der Waals surface area contributed by atoms with E-state index in [0.717, 1.165) is 0 Å². The van der Waals surface area contributed by atoms with Gasteiger partial charge in [0, 0.05) is 6.92 Å². The van der Waals surface area contributed by atoms with Crippen LogP contribution in [0.3, 0.4) is 0 Å². The molecule has 3 aliphatic rings. The monoisotopic (exact) mass is 442 g/mol. The van der Waals surface area contributed by atoms with E-state index in [-0.39, 0.29) is 6.79 Å². The van der Waals surface area contributed by atoms with Gasteiger partial charge in [0.15, 0.2) is 16.9 Å². The first-order chi connectivity index (χ1) is 15.9. The van der Waals surface area contributed by atoms with Crippen molar-refractivity contribution in [2.75, 3.05) is 13.9 Å². The molecular weight excluding hydrogens is 424 g/mol.